The van der Waals surface area contributed by atoms with Crippen molar-refractivity contribution in [2.75, 3.05) is 10.7 Å². The lowest BCUT2D eigenvalue weighted by Crippen LogP contribution is -2.15. The Morgan fingerprint density at radius 1 is 1.32 bits per heavy atom. The molecule has 5 nitrogen and oxygen atoms in total. The smallest absolute Gasteiger partial charge is 0.239 e. The molecule has 0 saturated carbocycles. The van der Waals surface area contributed by atoms with Gasteiger partial charge in [0.05, 0.1) is 12.2 Å². The van der Waals surface area contributed by atoms with Gasteiger partial charge in [-0.05, 0) is 12.0 Å². The van der Waals surface area contributed by atoms with E-state index in [0.717, 1.165) is 18.2 Å². The maximum atomic E-state index is 13.7. The molecular formula is C13H16FN5. The minimum Gasteiger partial charge on any atom is -0.361 e. The van der Waals surface area contributed by atoms with Crippen LogP contribution in [0.3, 0.4) is 0 Å². The molecule has 4 N–H and O–H groups in total. The van der Waals surface area contributed by atoms with Crippen LogP contribution >= 0.6 is 0 Å². The number of rotatable bonds is 5. The van der Waals surface area contributed by atoms with Crippen LogP contribution in [-0.2, 0) is 0 Å². The van der Waals surface area contributed by atoms with Crippen molar-refractivity contribution in [1.82, 2.24) is 9.97 Å². The SMILES string of the molecule is CCC(Nc1nc(NN)ncc1F)c1ccccc1. The van der Waals surface area contributed by atoms with Crippen molar-refractivity contribution in [3.8, 4) is 0 Å². The molecule has 0 radical (unpaired) electrons. The van der Waals surface area contributed by atoms with Crippen molar-refractivity contribution in [2.45, 2.75) is 19.4 Å². The lowest BCUT2D eigenvalue weighted by Gasteiger charge is -2.18. The van der Waals surface area contributed by atoms with Gasteiger partial charge in [-0.15, -0.1) is 0 Å². The third-order valence-corrected chi connectivity index (χ3v) is 2.79. The second kappa shape index (κ2) is 6.10. The molecule has 0 aliphatic carbocycles. The first kappa shape index (κ1) is 13.2. The number of aromatic nitrogens is 2. The fourth-order valence-corrected chi connectivity index (χ4v) is 1.81. The Kier molecular flexibility index (Phi) is 4.25. The average Bonchev–Trinajstić information content (AvgIpc) is 2.47. The Hall–Kier alpha value is -2.21. The molecule has 100 valence electrons. The van der Waals surface area contributed by atoms with Crippen LogP contribution in [0.25, 0.3) is 0 Å². The summed E-state index contributed by atoms with van der Waals surface area (Å²) in [4.78, 5) is 7.67. The minimum absolute atomic E-state index is 0.0174. The number of nitrogen functional groups attached to an aromatic ring is 1. The first-order valence-corrected chi connectivity index (χ1v) is 6.05. The first-order chi connectivity index (χ1) is 9.24. The van der Waals surface area contributed by atoms with Crippen LogP contribution in [-0.4, -0.2) is 9.97 Å². The number of nitrogens with zero attached hydrogens (tertiary/aromatic N) is 2. The Morgan fingerprint density at radius 3 is 2.68 bits per heavy atom. The van der Waals surface area contributed by atoms with Crippen molar-refractivity contribution in [3.63, 3.8) is 0 Å². The number of hydrazine groups is 1. The van der Waals surface area contributed by atoms with Crippen LogP contribution in [0.15, 0.2) is 36.5 Å². The van der Waals surface area contributed by atoms with Crippen molar-refractivity contribution in [3.05, 3.63) is 47.9 Å². The third-order valence-electron chi connectivity index (χ3n) is 2.79. The zero-order valence-corrected chi connectivity index (χ0v) is 10.6. The molecule has 0 aliphatic rings. The summed E-state index contributed by atoms with van der Waals surface area (Å²) in [5, 5.41) is 3.07. The summed E-state index contributed by atoms with van der Waals surface area (Å²) >= 11 is 0. The van der Waals surface area contributed by atoms with Crippen molar-refractivity contribution in [2.24, 2.45) is 5.84 Å². The fraction of sp³-hybridized carbons (Fsp3) is 0.231. The van der Waals surface area contributed by atoms with E-state index < -0.39 is 5.82 Å². The van der Waals surface area contributed by atoms with Gasteiger partial charge >= 0.3 is 0 Å². The highest BCUT2D eigenvalue weighted by atomic mass is 19.1. The zero-order valence-electron chi connectivity index (χ0n) is 10.6. The number of hydrogen-bond donors (Lipinski definition) is 3. The molecule has 0 bridgehead atoms. The molecule has 2 rings (SSSR count). The second-order valence-electron chi connectivity index (χ2n) is 4.05. The summed E-state index contributed by atoms with van der Waals surface area (Å²) in [6.45, 7) is 2.02. The molecular weight excluding hydrogens is 245 g/mol. The van der Waals surface area contributed by atoms with E-state index in [1.54, 1.807) is 0 Å². The van der Waals surface area contributed by atoms with Gasteiger partial charge in [-0.25, -0.2) is 15.2 Å². The van der Waals surface area contributed by atoms with Gasteiger partial charge in [0.15, 0.2) is 11.6 Å². The molecule has 1 aromatic heterocycles. The summed E-state index contributed by atoms with van der Waals surface area (Å²) in [6, 6.07) is 9.80. The topological polar surface area (TPSA) is 75.9 Å². The van der Waals surface area contributed by atoms with Crippen molar-refractivity contribution < 1.29 is 4.39 Å². The minimum atomic E-state index is -0.506. The lowest BCUT2D eigenvalue weighted by atomic mass is 10.0. The number of nitrogens with two attached hydrogens (primary N) is 1. The van der Waals surface area contributed by atoms with Gasteiger partial charge in [-0.1, -0.05) is 37.3 Å². The fourth-order valence-electron chi connectivity index (χ4n) is 1.81. The maximum Gasteiger partial charge on any atom is 0.239 e. The summed E-state index contributed by atoms with van der Waals surface area (Å²) in [5.74, 6) is 5.02. The standard InChI is InChI=1S/C13H16FN5/c1-2-11(9-6-4-3-5-7-9)17-12-10(14)8-16-13(18-12)19-15/h3-8,11H,2,15H2,1H3,(H2,16,17,18,19). The molecule has 0 saturated heterocycles. The molecule has 1 atom stereocenters. The van der Waals surface area contributed by atoms with E-state index in [1.807, 2.05) is 37.3 Å². The molecule has 6 heteroatoms. The normalized spacial score (nSPS) is 11.9. The van der Waals surface area contributed by atoms with Crippen LogP contribution in [0.1, 0.15) is 24.9 Å². The van der Waals surface area contributed by atoms with Crippen LogP contribution < -0.4 is 16.6 Å². The van der Waals surface area contributed by atoms with Crippen molar-refractivity contribution >= 4 is 11.8 Å². The quantitative estimate of drug-likeness (QED) is 0.569. The molecule has 1 aromatic carbocycles. The van der Waals surface area contributed by atoms with E-state index in [-0.39, 0.29) is 17.8 Å². The number of benzene rings is 1. The Morgan fingerprint density at radius 2 is 2.05 bits per heavy atom. The molecule has 0 spiro atoms. The Balaban J connectivity index is 2.23. The van der Waals surface area contributed by atoms with Gasteiger partial charge in [0, 0.05) is 0 Å². The maximum absolute atomic E-state index is 13.7. The molecule has 1 unspecified atom stereocenters. The second-order valence-corrected chi connectivity index (χ2v) is 4.05. The first-order valence-electron chi connectivity index (χ1n) is 6.05. The van der Waals surface area contributed by atoms with E-state index in [9.17, 15) is 4.39 Å². The number of nitrogens with one attached hydrogen (secondary N) is 2. The van der Waals surface area contributed by atoms with Gasteiger partial charge in [-0.3, -0.25) is 5.43 Å². The molecule has 0 aliphatic heterocycles. The van der Waals surface area contributed by atoms with Gasteiger partial charge in [0.2, 0.25) is 5.95 Å². The Labute approximate surface area is 111 Å². The van der Waals surface area contributed by atoms with Crippen LogP contribution in [0.4, 0.5) is 16.2 Å². The monoisotopic (exact) mass is 261 g/mol. The Bertz CT molecular complexity index is 532. The predicted molar refractivity (Wildman–Crippen MR) is 72.9 cm³/mol. The zero-order chi connectivity index (χ0) is 13.7. The highest BCUT2D eigenvalue weighted by Crippen LogP contribution is 2.23. The predicted octanol–water partition coefficient (Wildman–Crippen LogP) is 2.46. The molecule has 0 amide bonds. The summed E-state index contributed by atoms with van der Waals surface area (Å²) in [5.41, 5.74) is 3.37. The largest absolute Gasteiger partial charge is 0.361 e. The van der Waals surface area contributed by atoms with Gasteiger partial charge in [-0.2, -0.15) is 4.98 Å². The lowest BCUT2D eigenvalue weighted by molar-refractivity contribution is 0.610. The van der Waals surface area contributed by atoms with E-state index >= 15 is 0 Å². The summed E-state index contributed by atoms with van der Waals surface area (Å²) in [6.07, 6.45) is 1.89. The van der Waals surface area contributed by atoms with Crippen LogP contribution in [0.5, 0.6) is 0 Å². The molecule has 2 aromatic rings. The van der Waals surface area contributed by atoms with Gasteiger partial charge in [0.1, 0.15) is 0 Å². The number of anilines is 2. The van der Waals surface area contributed by atoms with E-state index in [4.69, 9.17) is 5.84 Å². The third kappa shape index (κ3) is 3.17. The van der Waals surface area contributed by atoms with E-state index in [1.165, 1.54) is 0 Å². The highest BCUT2D eigenvalue weighted by Gasteiger charge is 2.13. The van der Waals surface area contributed by atoms with E-state index in [2.05, 4.69) is 20.7 Å². The summed E-state index contributed by atoms with van der Waals surface area (Å²) in [7, 11) is 0. The van der Waals surface area contributed by atoms with Crippen LogP contribution in [0, 0.1) is 5.82 Å². The highest BCUT2D eigenvalue weighted by molar-refractivity contribution is 5.43. The molecule has 0 fully saturated rings. The molecule has 1 heterocycles. The summed E-state index contributed by atoms with van der Waals surface area (Å²) < 4.78 is 13.7. The van der Waals surface area contributed by atoms with Crippen LogP contribution in [0.2, 0.25) is 0 Å². The van der Waals surface area contributed by atoms with E-state index in [0.29, 0.717) is 0 Å². The van der Waals surface area contributed by atoms with Gasteiger partial charge in [0.25, 0.3) is 0 Å². The average molecular weight is 261 g/mol. The number of hydrogen-bond acceptors (Lipinski definition) is 5. The van der Waals surface area contributed by atoms with Gasteiger partial charge < -0.3 is 5.32 Å². The number of halogens is 1. The molecule has 19 heavy (non-hydrogen) atoms. The van der Waals surface area contributed by atoms with Crippen molar-refractivity contribution in [1.29, 1.82) is 0 Å².